The van der Waals surface area contributed by atoms with E-state index in [-0.39, 0.29) is 11.9 Å². The van der Waals surface area contributed by atoms with Crippen molar-refractivity contribution in [1.82, 2.24) is 10.3 Å². The van der Waals surface area contributed by atoms with Crippen molar-refractivity contribution >= 4 is 5.91 Å². The monoisotopic (exact) mass is 206 g/mol. The average molecular weight is 206 g/mol. The minimum absolute atomic E-state index is 0.169. The van der Waals surface area contributed by atoms with Gasteiger partial charge in [0.2, 0.25) is 5.95 Å². The van der Waals surface area contributed by atoms with Crippen molar-refractivity contribution in [2.45, 2.75) is 18.9 Å². The lowest BCUT2D eigenvalue weighted by Crippen LogP contribution is -2.32. The number of aromatic nitrogens is 1. The fourth-order valence-corrected chi connectivity index (χ4v) is 1.51. The van der Waals surface area contributed by atoms with Gasteiger partial charge in [0, 0.05) is 12.2 Å². The Hall–Kier alpha value is -1.71. The van der Waals surface area contributed by atoms with Gasteiger partial charge in [-0.15, -0.1) is 0 Å². The predicted molar refractivity (Wildman–Crippen MR) is 53.8 cm³/mol. The lowest BCUT2D eigenvalue weighted by Gasteiger charge is -2.11. The van der Waals surface area contributed by atoms with Crippen LogP contribution in [-0.4, -0.2) is 16.9 Å². The van der Waals surface area contributed by atoms with E-state index in [1.54, 1.807) is 0 Å². The molecule has 1 aromatic rings. The molecule has 0 atom stereocenters. The predicted octanol–water partition coefficient (Wildman–Crippen LogP) is 1.67. The minimum atomic E-state index is -0.575. The smallest absolute Gasteiger partial charge is 0.253 e. The highest BCUT2D eigenvalue weighted by Gasteiger charge is 2.14. The van der Waals surface area contributed by atoms with Crippen LogP contribution in [0.4, 0.5) is 4.39 Å². The summed E-state index contributed by atoms with van der Waals surface area (Å²) in [5.74, 6) is -0.773. The van der Waals surface area contributed by atoms with Crippen LogP contribution in [0.15, 0.2) is 30.5 Å². The number of amides is 1. The summed E-state index contributed by atoms with van der Waals surface area (Å²) < 4.78 is 12.5. The molecule has 1 aliphatic rings. The molecule has 1 amide bonds. The molecule has 15 heavy (non-hydrogen) atoms. The first-order valence-electron chi connectivity index (χ1n) is 4.83. The van der Waals surface area contributed by atoms with E-state index in [4.69, 9.17) is 0 Å². The Morgan fingerprint density at radius 1 is 1.40 bits per heavy atom. The molecule has 1 N–H and O–H groups in total. The van der Waals surface area contributed by atoms with E-state index in [1.807, 2.05) is 12.2 Å². The van der Waals surface area contributed by atoms with Crippen LogP contribution < -0.4 is 5.32 Å². The highest BCUT2D eigenvalue weighted by atomic mass is 19.1. The molecule has 0 unspecified atom stereocenters. The van der Waals surface area contributed by atoms with Crippen molar-refractivity contribution in [3.8, 4) is 0 Å². The number of carbonyl (C=O) groups is 1. The SMILES string of the molecule is O=C(NC1CC=CC1)c1ccc(F)nc1. The normalized spacial score (nSPS) is 15.5. The third-order valence-corrected chi connectivity index (χ3v) is 2.33. The van der Waals surface area contributed by atoms with Crippen molar-refractivity contribution in [3.63, 3.8) is 0 Å². The number of hydrogen-bond donors (Lipinski definition) is 1. The first kappa shape index (κ1) is 9.83. The lowest BCUT2D eigenvalue weighted by atomic mass is 10.2. The molecule has 1 aromatic heterocycles. The number of rotatable bonds is 2. The molecule has 0 radical (unpaired) electrons. The Labute approximate surface area is 87.0 Å². The molecule has 0 saturated heterocycles. The summed E-state index contributed by atoms with van der Waals surface area (Å²) in [6, 6.07) is 2.78. The van der Waals surface area contributed by atoms with E-state index in [2.05, 4.69) is 10.3 Å². The topological polar surface area (TPSA) is 42.0 Å². The summed E-state index contributed by atoms with van der Waals surface area (Å²) in [4.78, 5) is 15.0. The zero-order valence-corrected chi connectivity index (χ0v) is 8.11. The van der Waals surface area contributed by atoms with E-state index in [0.29, 0.717) is 5.56 Å². The largest absolute Gasteiger partial charge is 0.349 e. The van der Waals surface area contributed by atoms with Gasteiger partial charge in [-0.2, -0.15) is 4.39 Å². The first-order valence-corrected chi connectivity index (χ1v) is 4.83. The van der Waals surface area contributed by atoms with Crippen LogP contribution >= 0.6 is 0 Å². The van der Waals surface area contributed by atoms with Gasteiger partial charge in [-0.05, 0) is 25.0 Å². The Kier molecular flexibility index (Phi) is 2.76. The molecule has 78 valence electrons. The lowest BCUT2D eigenvalue weighted by molar-refractivity contribution is 0.0938. The molecule has 0 fully saturated rings. The molecule has 0 aliphatic heterocycles. The molecule has 0 bridgehead atoms. The average Bonchev–Trinajstić information content (AvgIpc) is 2.71. The summed E-state index contributed by atoms with van der Waals surface area (Å²) in [6.45, 7) is 0. The van der Waals surface area contributed by atoms with Gasteiger partial charge in [-0.25, -0.2) is 4.98 Å². The van der Waals surface area contributed by atoms with Crippen molar-refractivity contribution < 1.29 is 9.18 Å². The molecule has 0 aromatic carbocycles. The number of hydrogen-bond acceptors (Lipinski definition) is 2. The van der Waals surface area contributed by atoms with Gasteiger partial charge in [0.25, 0.3) is 5.91 Å². The van der Waals surface area contributed by atoms with Crippen molar-refractivity contribution in [2.75, 3.05) is 0 Å². The number of nitrogens with one attached hydrogen (secondary N) is 1. The zero-order valence-electron chi connectivity index (χ0n) is 8.11. The Morgan fingerprint density at radius 2 is 2.13 bits per heavy atom. The van der Waals surface area contributed by atoms with E-state index < -0.39 is 5.95 Å². The van der Waals surface area contributed by atoms with E-state index >= 15 is 0 Å². The highest BCUT2D eigenvalue weighted by Crippen LogP contribution is 2.10. The maximum atomic E-state index is 12.5. The molecule has 0 spiro atoms. The van der Waals surface area contributed by atoms with Crippen molar-refractivity contribution in [2.24, 2.45) is 0 Å². The van der Waals surface area contributed by atoms with Gasteiger partial charge in [-0.1, -0.05) is 12.2 Å². The second-order valence-corrected chi connectivity index (χ2v) is 3.48. The zero-order chi connectivity index (χ0) is 10.7. The third-order valence-electron chi connectivity index (χ3n) is 2.33. The van der Waals surface area contributed by atoms with Crippen LogP contribution in [0.3, 0.4) is 0 Å². The summed E-state index contributed by atoms with van der Waals surface area (Å²) in [7, 11) is 0. The van der Waals surface area contributed by atoms with Crippen LogP contribution in [0.25, 0.3) is 0 Å². The molecule has 3 nitrogen and oxygen atoms in total. The Bertz CT molecular complexity index is 378. The first-order chi connectivity index (χ1) is 7.25. The molecule has 0 saturated carbocycles. The fraction of sp³-hybridized carbons (Fsp3) is 0.273. The molecular weight excluding hydrogens is 195 g/mol. The van der Waals surface area contributed by atoms with Gasteiger partial charge in [-0.3, -0.25) is 4.79 Å². The molecule has 1 aliphatic carbocycles. The molecular formula is C11H11FN2O. The third kappa shape index (κ3) is 2.40. The van der Waals surface area contributed by atoms with Gasteiger partial charge >= 0.3 is 0 Å². The van der Waals surface area contributed by atoms with E-state index in [1.165, 1.54) is 18.3 Å². The van der Waals surface area contributed by atoms with Crippen LogP contribution in [0.2, 0.25) is 0 Å². The fourth-order valence-electron chi connectivity index (χ4n) is 1.51. The number of halogens is 1. The maximum Gasteiger partial charge on any atom is 0.253 e. The summed E-state index contributed by atoms with van der Waals surface area (Å²) in [5.41, 5.74) is 0.392. The molecule has 1 heterocycles. The Morgan fingerprint density at radius 3 is 2.73 bits per heavy atom. The Balaban J connectivity index is 1.98. The maximum absolute atomic E-state index is 12.5. The van der Waals surface area contributed by atoms with Gasteiger partial charge in [0.1, 0.15) is 0 Å². The van der Waals surface area contributed by atoms with Crippen molar-refractivity contribution in [1.29, 1.82) is 0 Å². The van der Waals surface area contributed by atoms with E-state index in [0.717, 1.165) is 12.8 Å². The highest BCUT2D eigenvalue weighted by molar-refractivity contribution is 5.94. The standard InChI is InChI=1S/C11H11FN2O/c12-10-6-5-8(7-13-10)11(15)14-9-3-1-2-4-9/h1-2,5-7,9H,3-4H2,(H,14,15). The summed E-state index contributed by atoms with van der Waals surface area (Å²) in [5, 5.41) is 2.85. The van der Waals surface area contributed by atoms with Crippen LogP contribution in [0, 0.1) is 5.95 Å². The van der Waals surface area contributed by atoms with Crippen LogP contribution in [-0.2, 0) is 0 Å². The molecule has 4 heteroatoms. The summed E-state index contributed by atoms with van der Waals surface area (Å²) in [6.07, 6.45) is 7.04. The van der Waals surface area contributed by atoms with E-state index in [9.17, 15) is 9.18 Å². The number of carbonyl (C=O) groups excluding carboxylic acids is 1. The second-order valence-electron chi connectivity index (χ2n) is 3.48. The molecule has 2 rings (SSSR count). The van der Waals surface area contributed by atoms with Gasteiger partial charge < -0.3 is 5.32 Å². The minimum Gasteiger partial charge on any atom is -0.349 e. The van der Waals surface area contributed by atoms with Crippen LogP contribution in [0.1, 0.15) is 23.2 Å². The van der Waals surface area contributed by atoms with Crippen molar-refractivity contribution in [3.05, 3.63) is 42.0 Å². The summed E-state index contributed by atoms with van der Waals surface area (Å²) >= 11 is 0. The second kappa shape index (κ2) is 4.21. The quantitative estimate of drug-likeness (QED) is 0.590. The number of nitrogens with zero attached hydrogens (tertiary/aromatic N) is 1. The van der Waals surface area contributed by atoms with Gasteiger partial charge in [0.05, 0.1) is 5.56 Å². The van der Waals surface area contributed by atoms with Crippen LogP contribution in [0.5, 0.6) is 0 Å². The van der Waals surface area contributed by atoms with Gasteiger partial charge in [0.15, 0.2) is 0 Å². The number of pyridine rings is 1.